The van der Waals surface area contributed by atoms with Gasteiger partial charge in [0, 0.05) is 24.7 Å². The van der Waals surface area contributed by atoms with Gasteiger partial charge in [0.2, 0.25) is 11.8 Å². The van der Waals surface area contributed by atoms with Crippen molar-refractivity contribution < 1.29 is 23.7 Å². The van der Waals surface area contributed by atoms with E-state index in [9.17, 15) is 9.59 Å². The molecule has 0 saturated carbocycles. The first-order valence-electron chi connectivity index (χ1n) is 13.5. The summed E-state index contributed by atoms with van der Waals surface area (Å²) in [6.07, 6.45) is 2.17. The number of hydrogen-bond acceptors (Lipinski definition) is 10. The van der Waals surface area contributed by atoms with Crippen LogP contribution in [0.2, 0.25) is 0 Å². The largest absolute Gasteiger partial charge is 0.486 e. The van der Waals surface area contributed by atoms with Crippen LogP contribution in [-0.2, 0) is 24.3 Å². The molecule has 2 aliphatic heterocycles. The van der Waals surface area contributed by atoms with Crippen LogP contribution in [0.3, 0.4) is 0 Å². The lowest BCUT2D eigenvalue weighted by atomic mass is 9.97. The summed E-state index contributed by atoms with van der Waals surface area (Å²) in [4.78, 5) is 29.4. The smallest absolute Gasteiger partial charge is 0.351 e. The molecular formula is C28H29N7O6. The summed E-state index contributed by atoms with van der Waals surface area (Å²) in [5, 5.41) is 14.1. The topological polar surface area (TPSA) is 145 Å². The van der Waals surface area contributed by atoms with Crippen molar-refractivity contribution in [2.75, 3.05) is 25.1 Å². The summed E-state index contributed by atoms with van der Waals surface area (Å²) in [7, 11) is 0. The van der Waals surface area contributed by atoms with Crippen molar-refractivity contribution in [2.45, 2.75) is 45.4 Å². The molecule has 0 aliphatic carbocycles. The van der Waals surface area contributed by atoms with E-state index in [-0.39, 0.29) is 36.8 Å². The number of anilines is 1. The fourth-order valence-corrected chi connectivity index (χ4v) is 4.73. The van der Waals surface area contributed by atoms with Gasteiger partial charge in [0.25, 0.3) is 5.91 Å². The van der Waals surface area contributed by atoms with E-state index in [1.807, 2.05) is 36.4 Å². The third-order valence-corrected chi connectivity index (χ3v) is 6.81. The average Bonchev–Trinajstić information content (AvgIpc) is 3.44. The summed E-state index contributed by atoms with van der Waals surface area (Å²) < 4.78 is 26.5. The molecule has 0 saturated heterocycles. The van der Waals surface area contributed by atoms with Crippen LogP contribution in [0.1, 0.15) is 25.3 Å². The molecule has 0 radical (unpaired) electrons. The van der Waals surface area contributed by atoms with Crippen LogP contribution >= 0.6 is 0 Å². The normalized spacial score (nSPS) is 15.0. The summed E-state index contributed by atoms with van der Waals surface area (Å²) >= 11 is 0. The molecule has 13 heteroatoms. The highest BCUT2D eigenvalue weighted by atomic mass is 16.6. The zero-order valence-corrected chi connectivity index (χ0v) is 22.5. The van der Waals surface area contributed by atoms with E-state index in [1.54, 1.807) is 21.4 Å². The number of ether oxygens (including phenoxy) is 4. The van der Waals surface area contributed by atoms with E-state index in [0.29, 0.717) is 55.0 Å². The molecule has 1 unspecified atom stereocenters. The molecule has 1 amide bonds. The summed E-state index contributed by atoms with van der Waals surface area (Å²) in [5.74, 6) is 2.03. The average molecular weight is 560 g/mol. The minimum absolute atomic E-state index is 0.177. The number of unbranched alkanes of at least 4 members (excludes halogenated alkanes) is 1. The van der Waals surface area contributed by atoms with Gasteiger partial charge in [-0.05, 0) is 59.2 Å². The number of rotatable bonds is 10. The number of tetrazole rings is 1. The van der Waals surface area contributed by atoms with Crippen LogP contribution in [0, 0.1) is 0 Å². The molecule has 1 N–H and O–H groups in total. The summed E-state index contributed by atoms with van der Waals surface area (Å²) in [6, 6.07) is 14.7. The van der Waals surface area contributed by atoms with Gasteiger partial charge in [0.15, 0.2) is 24.2 Å². The number of hydrogen-bond donors (Lipinski definition) is 1. The van der Waals surface area contributed by atoms with Gasteiger partial charge >= 0.3 is 5.69 Å². The quantitative estimate of drug-likeness (QED) is 0.308. The molecule has 6 rings (SSSR count). The molecule has 212 valence electrons. The van der Waals surface area contributed by atoms with E-state index in [1.165, 1.54) is 0 Å². The fraction of sp³-hybridized carbons (Fsp3) is 0.357. The number of carbonyl (C=O) groups is 1. The highest BCUT2D eigenvalue weighted by Crippen LogP contribution is 2.33. The number of benzene rings is 2. The number of aromatic nitrogens is 6. The van der Waals surface area contributed by atoms with Crippen LogP contribution in [-0.4, -0.2) is 61.6 Å². The first-order chi connectivity index (χ1) is 20.1. The van der Waals surface area contributed by atoms with Gasteiger partial charge in [-0.2, -0.15) is 4.98 Å². The van der Waals surface area contributed by atoms with Gasteiger partial charge in [-0.3, -0.25) is 14.7 Å². The van der Waals surface area contributed by atoms with Gasteiger partial charge in [-0.1, -0.05) is 30.6 Å². The third-order valence-electron chi connectivity index (χ3n) is 6.81. The Labute approximate surface area is 235 Å². The lowest BCUT2D eigenvalue weighted by molar-refractivity contribution is -0.118. The molecule has 13 nitrogen and oxygen atoms in total. The maximum absolute atomic E-state index is 12.8. The minimum Gasteiger partial charge on any atom is -0.486 e. The van der Waals surface area contributed by atoms with Gasteiger partial charge in [0.1, 0.15) is 19.0 Å². The molecule has 2 aromatic heterocycles. The predicted octanol–water partition coefficient (Wildman–Crippen LogP) is 2.49. The van der Waals surface area contributed by atoms with Crippen molar-refractivity contribution in [3.63, 3.8) is 0 Å². The van der Waals surface area contributed by atoms with Crippen molar-refractivity contribution in [1.29, 1.82) is 0 Å². The van der Waals surface area contributed by atoms with Crippen LogP contribution in [0.5, 0.6) is 23.1 Å². The van der Waals surface area contributed by atoms with Crippen LogP contribution < -0.4 is 30.0 Å². The van der Waals surface area contributed by atoms with Crippen molar-refractivity contribution in [3.05, 3.63) is 64.6 Å². The van der Waals surface area contributed by atoms with E-state index >= 15 is 0 Å². The van der Waals surface area contributed by atoms with Gasteiger partial charge in [0.05, 0.1) is 5.69 Å². The van der Waals surface area contributed by atoms with Gasteiger partial charge in [-0.15, -0.1) is 0 Å². The molecule has 0 bridgehead atoms. The van der Waals surface area contributed by atoms with E-state index in [4.69, 9.17) is 18.9 Å². The Morgan fingerprint density at radius 2 is 2.02 bits per heavy atom. The Balaban J connectivity index is 1.10. The van der Waals surface area contributed by atoms with Crippen molar-refractivity contribution >= 4 is 11.9 Å². The van der Waals surface area contributed by atoms with E-state index in [0.717, 1.165) is 24.0 Å². The summed E-state index contributed by atoms with van der Waals surface area (Å²) in [6.45, 7) is 3.47. The van der Waals surface area contributed by atoms with Crippen molar-refractivity contribution in [3.8, 4) is 34.4 Å². The number of para-hydroxylation sites is 2. The molecule has 0 fully saturated rings. The number of nitrogens with zero attached hydrogens (tertiary/aromatic N) is 6. The Kier molecular flexibility index (Phi) is 7.48. The monoisotopic (exact) mass is 559 g/mol. The molecule has 41 heavy (non-hydrogen) atoms. The fourth-order valence-electron chi connectivity index (χ4n) is 4.73. The summed E-state index contributed by atoms with van der Waals surface area (Å²) in [5.41, 5.74) is 2.19. The second-order valence-corrected chi connectivity index (χ2v) is 9.71. The van der Waals surface area contributed by atoms with Crippen molar-refractivity contribution in [2.24, 2.45) is 0 Å². The number of amides is 1. The molecule has 0 spiro atoms. The number of nitrogens with one attached hydrogen (secondary N) is 1. The SMILES string of the molecule is CCCCn1nnnc1NC(=O)COc1ccc2c(c1)CCn1c-2cc(OCC2COc3ccccc3O2)nc1=O. The van der Waals surface area contributed by atoms with Crippen LogP contribution in [0.4, 0.5) is 5.95 Å². The minimum atomic E-state index is -0.382. The predicted molar refractivity (Wildman–Crippen MR) is 146 cm³/mol. The zero-order chi connectivity index (χ0) is 28.2. The van der Waals surface area contributed by atoms with E-state index < -0.39 is 0 Å². The third kappa shape index (κ3) is 5.83. The Hall–Kier alpha value is -4.94. The first-order valence-corrected chi connectivity index (χ1v) is 13.5. The zero-order valence-electron chi connectivity index (χ0n) is 22.5. The lowest BCUT2D eigenvalue weighted by Gasteiger charge is -2.26. The van der Waals surface area contributed by atoms with Crippen LogP contribution in [0.25, 0.3) is 11.3 Å². The maximum Gasteiger partial charge on any atom is 0.351 e. The molecule has 4 aromatic rings. The van der Waals surface area contributed by atoms with Crippen LogP contribution in [0.15, 0.2) is 53.3 Å². The van der Waals surface area contributed by atoms with Gasteiger partial charge < -0.3 is 18.9 Å². The number of aryl methyl sites for hydroxylation is 2. The molecule has 4 heterocycles. The maximum atomic E-state index is 12.8. The second-order valence-electron chi connectivity index (χ2n) is 9.71. The standard InChI is InChI=1S/C28H29N7O6/c1-2-3-11-35-27(31-32-33-35)29-25(36)17-38-19-8-9-21-18(13-19)10-12-34-22(21)14-26(30-28(34)37)40-16-20-15-39-23-6-4-5-7-24(23)41-20/h4-9,13-14,20H,2-3,10-12,15-17H2,1H3,(H,29,31,33,36). The Morgan fingerprint density at radius 3 is 2.90 bits per heavy atom. The second kappa shape index (κ2) is 11.7. The molecule has 2 aliphatic rings. The van der Waals surface area contributed by atoms with E-state index in [2.05, 4.69) is 32.7 Å². The van der Waals surface area contributed by atoms with Crippen molar-refractivity contribution in [1.82, 2.24) is 29.8 Å². The molecule has 2 aromatic carbocycles. The molecule has 1 atom stereocenters. The first kappa shape index (κ1) is 26.3. The van der Waals surface area contributed by atoms with Gasteiger partial charge in [-0.25, -0.2) is 9.48 Å². The molecular weight excluding hydrogens is 530 g/mol. The highest BCUT2D eigenvalue weighted by molar-refractivity contribution is 5.90. The number of carbonyl (C=O) groups excluding carboxylic acids is 1. The Morgan fingerprint density at radius 1 is 1.15 bits per heavy atom. The number of fused-ring (bicyclic) bond motifs is 4. The lowest BCUT2D eigenvalue weighted by Crippen LogP contribution is -2.35. The highest BCUT2D eigenvalue weighted by Gasteiger charge is 2.23. The Bertz CT molecular complexity index is 1620.